The quantitative estimate of drug-likeness (QED) is 0.871. The van der Waals surface area contributed by atoms with Crippen LogP contribution in [-0.4, -0.2) is 43.0 Å². The highest BCUT2D eigenvalue weighted by Gasteiger charge is 2.18. The topological polar surface area (TPSA) is 58.6 Å². The van der Waals surface area contributed by atoms with Crippen LogP contribution >= 0.6 is 0 Å². The Bertz CT molecular complexity index is 772. The van der Waals surface area contributed by atoms with Gasteiger partial charge in [0.25, 0.3) is 5.91 Å². The Kier molecular flexibility index (Phi) is 6.04. The summed E-state index contributed by atoms with van der Waals surface area (Å²) in [4.78, 5) is 25.8. The summed E-state index contributed by atoms with van der Waals surface area (Å²) < 4.78 is 5.36. The average molecular weight is 350 g/mol. The van der Waals surface area contributed by atoms with Gasteiger partial charge in [-0.25, -0.2) is 0 Å². The first-order valence-electron chi connectivity index (χ1n) is 8.69. The van der Waals surface area contributed by atoms with Crippen LogP contribution in [0.4, 0.5) is 0 Å². The molecule has 0 spiro atoms. The summed E-state index contributed by atoms with van der Waals surface area (Å²) in [6, 6.07) is 19.3. The molecule has 26 heavy (non-hydrogen) atoms. The number of nitrogens with zero attached hydrogens (tertiary/aromatic N) is 1. The van der Waals surface area contributed by atoms with Crippen LogP contribution in [0.1, 0.15) is 12.0 Å². The van der Waals surface area contributed by atoms with Crippen molar-refractivity contribution in [3.63, 3.8) is 0 Å². The molecule has 134 valence electrons. The predicted octanol–water partition coefficient (Wildman–Crippen LogP) is 2.50. The molecule has 0 atom stereocenters. The normalized spacial score (nSPS) is 13.7. The fraction of sp³-hybridized carbons (Fsp3) is 0.238. The first-order valence-corrected chi connectivity index (χ1v) is 8.69. The molecular formula is C21H22N2O3. The molecule has 3 rings (SSSR count). The minimum atomic E-state index is -0.306. The fourth-order valence-corrected chi connectivity index (χ4v) is 2.81. The van der Waals surface area contributed by atoms with E-state index < -0.39 is 0 Å². The van der Waals surface area contributed by atoms with Gasteiger partial charge in [-0.3, -0.25) is 9.59 Å². The van der Waals surface area contributed by atoms with Gasteiger partial charge in [0.05, 0.1) is 6.54 Å². The lowest BCUT2D eigenvalue weighted by atomic mass is 9.99. The Morgan fingerprint density at radius 2 is 1.69 bits per heavy atom. The van der Waals surface area contributed by atoms with Crippen molar-refractivity contribution in [1.82, 2.24) is 10.2 Å². The third-order valence-corrected chi connectivity index (χ3v) is 4.26. The summed E-state index contributed by atoms with van der Waals surface area (Å²) in [6.45, 7) is 1.12. The largest absolute Gasteiger partial charge is 0.484 e. The second-order valence-electron chi connectivity index (χ2n) is 6.06. The SMILES string of the molecule is O=C(COc1ccccc1)NCC(=O)N1CC=C(c2ccccc2)CC1. The number of amides is 2. The van der Waals surface area contributed by atoms with E-state index in [1.165, 1.54) is 11.1 Å². The number of ether oxygens (including phenoxy) is 1. The fourth-order valence-electron chi connectivity index (χ4n) is 2.81. The summed E-state index contributed by atoms with van der Waals surface area (Å²) in [7, 11) is 0. The van der Waals surface area contributed by atoms with E-state index in [2.05, 4.69) is 23.5 Å². The van der Waals surface area contributed by atoms with Crippen molar-refractivity contribution in [3.05, 3.63) is 72.3 Å². The summed E-state index contributed by atoms with van der Waals surface area (Å²) >= 11 is 0. The van der Waals surface area contributed by atoms with E-state index in [1.807, 2.05) is 36.4 Å². The molecule has 2 amide bonds. The Balaban J connectivity index is 1.41. The maximum Gasteiger partial charge on any atom is 0.258 e. The summed E-state index contributed by atoms with van der Waals surface area (Å²) in [5.74, 6) is 0.240. The third kappa shape index (κ3) is 4.96. The molecule has 1 aliphatic rings. The number of para-hydroxylation sites is 1. The molecule has 1 N–H and O–H groups in total. The van der Waals surface area contributed by atoms with Crippen LogP contribution in [0.5, 0.6) is 5.75 Å². The van der Waals surface area contributed by atoms with E-state index >= 15 is 0 Å². The highest BCUT2D eigenvalue weighted by Crippen LogP contribution is 2.21. The molecule has 0 aliphatic carbocycles. The van der Waals surface area contributed by atoms with Crippen LogP contribution in [0.25, 0.3) is 5.57 Å². The molecule has 0 aromatic heterocycles. The highest BCUT2D eigenvalue weighted by molar-refractivity contribution is 5.86. The molecule has 2 aromatic rings. The lowest BCUT2D eigenvalue weighted by Gasteiger charge is -2.26. The molecule has 0 fully saturated rings. The van der Waals surface area contributed by atoms with Crippen molar-refractivity contribution < 1.29 is 14.3 Å². The number of carbonyl (C=O) groups is 2. The molecule has 5 nitrogen and oxygen atoms in total. The predicted molar refractivity (Wildman–Crippen MR) is 101 cm³/mol. The minimum Gasteiger partial charge on any atom is -0.484 e. The van der Waals surface area contributed by atoms with E-state index in [0.29, 0.717) is 18.8 Å². The van der Waals surface area contributed by atoms with Gasteiger partial charge in [0.1, 0.15) is 5.75 Å². The summed E-state index contributed by atoms with van der Waals surface area (Å²) in [5.41, 5.74) is 2.46. The maximum absolute atomic E-state index is 12.3. The van der Waals surface area contributed by atoms with Crippen molar-refractivity contribution in [1.29, 1.82) is 0 Å². The van der Waals surface area contributed by atoms with Crippen LogP contribution < -0.4 is 10.1 Å². The van der Waals surface area contributed by atoms with Gasteiger partial charge in [0.15, 0.2) is 6.61 Å². The summed E-state index contributed by atoms with van der Waals surface area (Å²) in [6.07, 6.45) is 2.90. The van der Waals surface area contributed by atoms with E-state index in [4.69, 9.17) is 4.74 Å². The molecule has 0 radical (unpaired) electrons. The van der Waals surface area contributed by atoms with Gasteiger partial charge < -0.3 is 15.0 Å². The van der Waals surface area contributed by atoms with E-state index in [1.54, 1.807) is 17.0 Å². The molecule has 0 saturated carbocycles. The highest BCUT2D eigenvalue weighted by atomic mass is 16.5. The van der Waals surface area contributed by atoms with Gasteiger partial charge in [0, 0.05) is 13.1 Å². The summed E-state index contributed by atoms with van der Waals surface area (Å²) in [5, 5.41) is 2.62. The second-order valence-corrected chi connectivity index (χ2v) is 6.06. The van der Waals surface area contributed by atoms with E-state index in [9.17, 15) is 9.59 Å². The Morgan fingerprint density at radius 3 is 2.35 bits per heavy atom. The standard InChI is InChI=1S/C21H22N2O3/c24-20(16-26-19-9-5-2-6-10-19)22-15-21(25)23-13-11-18(12-14-23)17-7-3-1-4-8-17/h1-11H,12-16H2,(H,22,24). The van der Waals surface area contributed by atoms with Crippen LogP contribution in [0.2, 0.25) is 0 Å². The van der Waals surface area contributed by atoms with Gasteiger partial charge in [-0.05, 0) is 29.7 Å². The number of nitrogens with one attached hydrogen (secondary N) is 1. The third-order valence-electron chi connectivity index (χ3n) is 4.26. The number of hydrogen-bond donors (Lipinski definition) is 1. The van der Waals surface area contributed by atoms with Gasteiger partial charge in [-0.1, -0.05) is 54.6 Å². The number of benzene rings is 2. The number of carbonyl (C=O) groups excluding carboxylic acids is 2. The molecule has 0 unspecified atom stereocenters. The van der Waals surface area contributed by atoms with E-state index in [0.717, 1.165) is 6.42 Å². The average Bonchev–Trinajstić information content (AvgIpc) is 2.72. The van der Waals surface area contributed by atoms with Crippen LogP contribution in [0, 0.1) is 0 Å². The molecule has 1 aliphatic heterocycles. The molecule has 1 heterocycles. The first kappa shape index (κ1) is 17.7. The molecular weight excluding hydrogens is 328 g/mol. The lowest BCUT2D eigenvalue weighted by molar-refractivity contribution is -0.133. The Morgan fingerprint density at radius 1 is 1.00 bits per heavy atom. The smallest absolute Gasteiger partial charge is 0.258 e. The van der Waals surface area contributed by atoms with Gasteiger partial charge in [-0.2, -0.15) is 0 Å². The number of hydrogen-bond acceptors (Lipinski definition) is 3. The minimum absolute atomic E-state index is 0.00844. The molecule has 5 heteroatoms. The second kappa shape index (κ2) is 8.85. The molecule has 2 aromatic carbocycles. The van der Waals surface area contributed by atoms with Crippen LogP contribution in [0.3, 0.4) is 0 Å². The zero-order chi connectivity index (χ0) is 18.2. The van der Waals surface area contributed by atoms with Crippen LogP contribution in [0.15, 0.2) is 66.7 Å². The zero-order valence-electron chi connectivity index (χ0n) is 14.6. The monoisotopic (exact) mass is 350 g/mol. The Hall–Kier alpha value is -3.08. The van der Waals surface area contributed by atoms with Crippen molar-refractivity contribution in [2.75, 3.05) is 26.2 Å². The van der Waals surface area contributed by atoms with Gasteiger partial charge in [-0.15, -0.1) is 0 Å². The Labute approximate surface area is 153 Å². The van der Waals surface area contributed by atoms with Crippen molar-refractivity contribution in [2.45, 2.75) is 6.42 Å². The van der Waals surface area contributed by atoms with Crippen molar-refractivity contribution in [2.24, 2.45) is 0 Å². The lowest BCUT2D eigenvalue weighted by Crippen LogP contribution is -2.43. The van der Waals surface area contributed by atoms with Crippen LogP contribution in [-0.2, 0) is 9.59 Å². The van der Waals surface area contributed by atoms with Gasteiger partial charge in [0.2, 0.25) is 5.91 Å². The zero-order valence-corrected chi connectivity index (χ0v) is 14.6. The molecule has 0 saturated heterocycles. The first-order chi connectivity index (χ1) is 12.7. The van der Waals surface area contributed by atoms with Crippen molar-refractivity contribution >= 4 is 17.4 Å². The molecule has 0 bridgehead atoms. The van der Waals surface area contributed by atoms with E-state index in [-0.39, 0.29) is 25.0 Å². The maximum atomic E-state index is 12.3. The van der Waals surface area contributed by atoms with Crippen molar-refractivity contribution in [3.8, 4) is 5.75 Å². The number of rotatable bonds is 6. The van der Waals surface area contributed by atoms with Gasteiger partial charge >= 0.3 is 0 Å².